The summed E-state index contributed by atoms with van der Waals surface area (Å²) in [7, 11) is 0. The highest BCUT2D eigenvalue weighted by Gasteiger charge is 2.31. The van der Waals surface area contributed by atoms with E-state index >= 15 is 0 Å². The average molecular weight is 595 g/mol. The molecule has 0 atom stereocenters. The van der Waals surface area contributed by atoms with E-state index in [0.29, 0.717) is 12.1 Å². The van der Waals surface area contributed by atoms with E-state index in [4.69, 9.17) is 9.47 Å². The quantitative estimate of drug-likeness (QED) is 0.242. The minimum absolute atomic E-state index is 0.0744. The van der Waals surface area contributed by atoms with Gasteiger partial charge in [0.15, 0.2) is 5.69 Å². The average Bonchev–Trinajstić information content (AvgIpc) is 3.39. The minimum atomic E-state index is -4.79. The summed E-state index contributed by atoms with van der Waals surface area (Å²) < 4.78 is 114. The third-order valence-corrected chi connectivity index (χ3v) is 5.09. The molecule has 0 saturated carbocycles. The summed E-state index contributed by atoms with van der Waals surface area (Å²) in [6.07, 6.45) is -8.33. The predicted molar refractivity (Wildman–Crippen MR) is 125 cm³/mol. The first-order chi connectivity index (χ1) is 19.3. The standard InChI is InChI=1S/C24H21F8N5O4/c25-3-4-40-5-6-41-20-9-15(21(38)34-13-23(27,28)29)1-2-19(20)37-12-18(35-36-37)22(39)33-11-14-7-16(24(30,31)32)10-17(26)8-14/h1-2,7-10,12H,3-6,11,13H2,(H,33,39)(H,34,38). The van der Waals surface area contributed by atoms with Crippen molar-refractivity contribution in [2.24, 2.45) is 0 Å². The summed E-state index contributed by atoms with van der Waals surface area (Å²) in [6.45, 7) is -3.22. The molecule has 0 saturated heterocycles. The van der Waals surface area contributed by atoms with Crippen molar-refractivity contribution >= 4 is 11.8 Å². The maximum Gasteiger partial charge on any atom is 0.416 e. The summed E-state index contributed by atoms with van der Waals surface area (Å²) in [5.74, 6) is -3.16. The van der Waals surface area contributed by atoms with Crippen LogP contribution < -0.4 is 15.4 Å². The number of nitrogens with one attached hydrogen (secondary N) is 2. The summed E-state index contributed by atoms with van der Waals surface area (Å²) in [4.78, 5) is 24.7. The molecule has 2 aromatic carbocycles. The van der Waals surface area contributed by atoms with Crippen LogP contribution in [0.25, 0.3) is 5.69 Å². The largest absolute Gasteiger partial charge is 0.489 e. The molecule has 41 heavy (non-hydrogen) atoms. The zero-order valence-corrected chi connectivity index (χ0v) is 20.8. The van der Waals surface area contributed by atoms with Crippen LogP contribution in [0.5, 0.6) is 5.75 Å². The molecular formula is C24H21F8N5O4. The van der Waals surface area contributed by atoms with Crippen LogP contribution in [0.15, 0.2) is 42.6 Å². The summed E-state index contributed by atoms with van der Waals surface area (Å²) in [5, 5.41) is 11.5. The predicted octanol–water partition coefficient (Wildman–Crippen LogP) is 4.01. The number of carbonyl (C=O) groups is 2. The number of rotatable bonds is 12. The number of alkyl halides is 7. The van der Waals surface area contributed by atoms with Gasteiger partial charge in [0.25, 0.3) is 11.8 Å². The number of halogens is 8. The van der Waals surface area contributed by atoms with Gasteiger partial charge in [-0.2, -0.15) is 26.3 Å². The Balaban J connectivity index is 1.77. The van der Waals surface area contributed by atoms with Gasteiger partial charge in [0.2, 0.25) is 0 Å². The van der Waals surface area contributed by atoms with E-state index in [1.165, 1.54) is 6.07 Å². The lowest BCUT2D eigenvalue weighted by Crippen LogP contribution is -2.33. The number of nitrogens with zero attached hydrogens (tertiary/aromatic N) is 3. The first-order valence-electron chi connectivity index (χ1n) is 11.6. The number of hydrogen-bond acceptors (Lipinski definition) is 6. The lowest BCUT2D eigenvalue weighted by molar-refractivity contribution is -0.137. The van der Waals surface area contributed by atoms with Crippen molar-refractivity contribution in [1.29, 1.82) is 0 Å². The van der Waals surface area contributed by atoms with Gasteiger partial charge < -0.3 is 20.1 Å². The molecule has 0 aliphatic heterocycles. The Morgan fingerprint density at radius 3 is 2.37 bits per heavy atom. The van der Waals surface area contributed by atoms with E-state index in [2.05, 4.69) is 15.6 Å². The van der Waals surface area contributed by atoms with Gasteiger partial charge in [-0.3, -0.25) is 9.59 Å². The Hall–Kier alpha value is -4.28. The van der Waals surface area contributed by atoms with Crippen molar-refractivity contribution in [3.8, 4) is 11.4 Å². The Labute approximate surface area is 226 Å². The molecule has 0 bridgehead atoms. The fourth-order valence-corrected chi connectivity index (χ4v) is 3.28. The fourth-order valence-electron chi connectivity index (χ4n) is 3.28. The Kier molecular flexibility index (Phi) is 10.2. The molecule has 222 valence electrons. The van der Waals surface area contributed by atoms with Gasteiger partial charge in [-0.15, -0.1) is 5.10 Å². The summed E-state index contributed by atoms with van der Waals surface area (Å²) in [5.41, 5.74) is -1.81. The molecule has 1 aromatic heterocycles. The topological polar surface area (TPSA) is 107 Å². The van der Waals surface area contributed by atoms with E-state index in [0.717, 1.165) is 29.1 Å². The second-order valence-electron chi connectivity index (χ2n) is 8.21. The van der Waals surface area contributed by atoms with Gasteiger partial charge >= 0.3 is 12.4 Å². The Morgan fingerprint density at radius 1 is 0.927 bits per heavy atom. The highest BCUT2D eigenvalue weighted by atomic mass is 19.4. The van der Waals surface area contributed by atoms with Gasteiger partial charge in [0.1, 0.15) is 37.1 Å². The van der Waals surface area contributed by atoms with Crippen LogP contribution in [-0.4, -0.2) is 66.0 Å². The van der Waals surface area contributed by atoms with Gasteiger partial charge in [-0.05, 0) is 42.0 Å². The molecule has 0 fully saturated rings. The molecule has 1 heterocycles. The van der Waals surface area contributed by atoms with Gasteiger partial charge in [-0.1, -0.05) is 5.21 Å². The maximum atomic E-state index is 13.6. The third kappa shape index (κ3) is 9.40. The normalized spacial score (nSPS) is 11.8. The number of benzene rings is 2. The molecule has 9 nitrogen and oxygen atoms in total. The van der Waals surface area contributed by atoms with E-state index in [9.17, 15) is 44.7 Å². The number of amides is 2. The van der Waals surface area contributed by atoms with E-state index < -0.39 is 55.3 Å². The lowest BCUT2D eigenvalue weighted by atomic mass is 10.1. The van der Waals surface area contributed by atoms with Crippen LogP contribution in [0.3, 0.4) is 0 Å². The van der Waals surface area contributed by atoms with Crippen molar-refractivity contribution in [3.63, 3.8) is 0 Å². The highest BCUT2D eigenvalue weighted by Crippen LogP contribution is 2.30. The smallest absolute Gasteiger partial charge is 0.416 e. The monoisotopic (exact) mass is 595 g/mol. The van der Waals surface area contributed by atoms with Crippen molar-refractivity contribution in [3.05, 3.63) is 70.8 Å². The van der Waals surface area contributed by atoms with Gasteiger partial charge in [0, 0.05) is 12.1 Å². The molecule has 17 heteroatoms. The zero-order valence-electron chi connectivity index (χ0n) is 20.8. The molecule has 0 radical (unpaired) electrons. The molecule has 0 aliphatic carbocycles. The molecule has 2 amide bonds. The van der Waals surface area contributed by atoms with Crippen molar-refractivity contribution in [2.45, 2.75) is 18.9 Å². The maximum absolute atomic E-state index is 13.6. The number of carbonyl (C=O) groups excluding carboxylic acids is 2. The van der Waals surface area contributed by atoms with Crippen LogP contribution in [0.2, 0.25) is 0 Å². The zero-order chi connectivity index (χ0) is 30.2. The second-order valence-corrected chi connectivity index (χ2v) is 8.21. The Bertz CT molecular complexity index is 1360. The lowest BCUT2D eigenvalue weighted by Gasteiger charge is -2.14. The van der Waals surface area contributed by atoms with Crippen LogP contribution in [0, 0.1) is 5.82 Å². The minimum Gasteiger partial charge on any atom is -0.489 e. The van der Waals surface area contributed by atoms with Crippen LogP contribution >= 0.6 is 0 Å². The molecule has 0 aliphatic rings. The van der Waals surface area contributed by atoms with Crippen LogP contribution in [0.4, 0.5) is 35.1 Å². The van der Waals surface area contributed by atoms with E-state index in [1.54, 1.807) is 5.32 Å². The SMILES string of the molecule is O=C(NCC(F)(F)F)c1ccc(-n2cc(C(=O)NCc3cc(F)cc(C(F)(F)F)c3)nn2)c(OCCOCCF)c1. The number of aromatic nitrogens is 3. The van der Waals surface area contributed by atoms with E-state index in [1.807, 2.05) is 0 Å². The van der Waals surface area contributed by atoms with Crippen molar-refractivity contribution in [2.75, 3.05) is 33.0 Å². The first-order valence-corrected chi connectivity index (χ1v) is 11.6. The van der Waals surface area contributed by atoms with Gasteiger partial charge in [0.05, 0.1) is 25.0 Å². The third-order valence-electron chi connectivity index (χ3n) is 5.09. The fraction of sp³-hybridized carbons (Fsp3) is 0.333. The first kappa shape index (κ1) is 31.3. The highest BCUT2D eigenvalue weighted by molar-refractivity contribution is 5.95. The Morgan fingerprint density at radius 2 is 1.68 bits per heavy atom. The van der Waals surface area contributed by atoms with Crippen molar-refractivity contribution in [1.82, 2.24) is 25.6 Å². The van der Waals surface area contributed by atoms with Crippen LogP contribution in [0.1, 0.15) is 32.0 Å². The van der Waals surface area contributed by atoms with Crippen LogP contribution in [-0.2, 0) is 17.5 Å². The van der Waals surface area contributed by atoms with Gasteiger partial charge in [-0.25, -0.2) is 13.5 Å². The summed E-state index contributed by atoms with van der Waals surface area (Å²) >= 11 is 0. The molecular weight excluding hydrogens is 574 g/mol. The molecule has 3 aromatic rings. The molecule has 3 rings (SSSR count). The van der Waals surface area contributed by atoms with Crippen molar-refractivity contribution < 1.29 is 54.2 Å². The number of ether oxygens (including phenoxy) is 2. The number of hydrogen-bond donors (Lipinski definition) is 2. The molecule has 0 spiro atoms. The molecule has 0 unspecified atom stereocenters. The second kappa shape index (κ2) is 13.4. The molecule has 2 N–H and O–H groups in total. The van der Waals surface area contributed by atoms with E-state index in [-0.39, 0.29) is 48.1 Å². The summed E-state index contributed by atoms with van der Waals surface area (Å²) in [6, 6.07) is 5.33.